The number of nitrogens with zero attached hydrogens (tertiary/aromatic N) is 1. The van der Waals surface area contributed by atoms with Crippen molar-refractivity contribution in [3.05, 3.63) is 39.4 Å². The lowest BCUT2D eigenvalue weighted by Crippen LogP contribution is -2.38. The quantitative estimate of drug-likeness (QED) is 0.527. The lowest BCUT2D eigenvalue weighted by Gasteiger charge is -2.19. The second kappa shape index (κ2) is 6.34. The van der Waals surface area contributed by atoms with E-state index in [4.69, 9.17) is 11.6 Å². The fraction of sp³-hybridized carbons (Fsp3) is 0.462. The highest BCUT2D eigenvalue weighted by molar-refractivity contribution is 6.18. The number of benzene rings is 1. The Morgan fingerprint density at radius 3 is 2.76 bits per heavy atom. The molecule has 8 heteroatoms. The van der Waals surface area contributed by atoms with Gasteiger partial charge < -0.3 is 5.32 Å². The van der Waals surface area contributed by atoms with Crippen LogP contribution in [0.2, 0.25) is 0 Å². The molecule has 1 aliphatic rings. The monoisotopic (exact) mass is 318 g/mol. The maximum absolute atomic E-state index is 13.9. The fourth-order valence-corrected chi connectivity index (χ4v) is 2.91. The summed E-state index contributed by atoms with van der Waals surface area (Å²) in [6.45, 7) is 0. The van der Waals surface area contributed by atoms with Gasteiger partial charge in [-0.25, -0.2) is 4.39 Å². The Morgan fingerprint density at radius 1 is 1.43 bits per heavy atom. The van der Waals surface area contributed by atoms with Gasteiger partial charge in [-0.1, -0.05) is 6.42 Å². The van der Waals surface area contributed by atoms with E-state index < -0.39 is 33.7 Å². The molecule has 1 N–H and O–H groups in total. The highest BCUT2D eigenvalue weighted by Crippen LogP contribution is 2.28. The first-order valence-corrected chi connectivity index (χ1v) is 6.98. The largest absolute Gasteiger partial charge is 0.349 e. The number of halogens is 3. The van der Waals surface area contributed by atoms with Crippen molar-refractivity contribution in [2.45, 2.75) is 25.3 Å². The van der Waals surface area contributed by atoms with Crippen molar-refractivity contribution >= 4 is 23.2 Å². The zero-order valence-corrected chi connectivity index (χ0v) is 11.7. The molecule has 5 nitrogen and oxygen atoms in total. The van der Waals surface area contributed by atoms with Gasteiger partial charge in [0, 0.05) is 18.0 Å². The van der Waals surface area contributed by atoms with Crippen molar-refractivity contribution in [3.63, 3.8) is 0 Å². The van der Waals surface area contributed by atoms with E-state index in [1.54, 1.807) is 0 Å². The van der Waals surface area contributed by atoms with Crippen molar-refractivity contribution in [1.29, 1.82) is 0 Å². The number of alkyl halides is 1. The molecule has 1 fully saturated rings. The van der Waals surface area contributed by atoms with Gasteiger partial charge in [0.05, 0.1) is 4.92 Å². The Hall–Kier alpha value is -1.76. The fourth-order valence-electron chi connectivity index (χ4n) is 2.54. The molecule has 0 spiro atoms. The number of carbonyl (C=O) groups excluding carboxylic acids is 1. The Kier molecular flexibility index (Phi) is 4.72. The molecule has 2 rings (SSSR count). The average molecular weight is 319 g/mol. The number of amides is 1. The van der Waals surface area contributed by atoms with Gasteiger partial charge in [0.25, 0.3) is 5.91 Å². The third-order valence-electron chi connectivity index (χ3n) is 3.67. The van der Waals surface area contributed by atoms with Crippen molar-refractivity contribution in [2.24, 2.45) is 5.92 Å². The number of carbonyl (C=O) groups is 1. The second-order valence-corrected chi connectivity index (χ2v) is 5.25. The first kappa shape index (κ1) is 15.6. The van der Waals surface area contributed by atoms with Gasteiger partial charge in [0.15, 0.2) is 0 Å². The molecule has 1 aliphatic carbocycles. The molecule has 0 aliphatic heterocycles. The van der Waals surface area contributed by atoms with E-state index in [0.29, 0.717) is 24.4 Å². The van der Waals surface area contributed by atoms with Gasteiger partial charge in [-0.2, -0.15) is 4.39 Å². The number of nitro groups is 1. The minimum atomic E-state index is -1.46. The second-order valence-electron chi connectivity index (χ2n) is 4.94. The van der Waals surface area contributed by atoms with Crippen molar-refractivity contribution < 1.29 is 18.5 Å². The van der Waals surface area contributed by atoms with E-state index in [0.717, 1.165) is 12.8 Å². The van der Waals surface area contributed by atoms with Gasteiger partial charge in [-0.3, -0.25) is 14.9 Å². The number of rotatable bonds is 4. The molecule has 2 unspecified atom stereocenters. The predicted octanol–water partition coefficient (Wildman–Crippen LogP) is 3.01. The van der Waals surface area contributed by atoms with Crippen LogP contribution in [-0.2, 0) is 0 Å². The lowest BCUT2D eigenvalue weighted by molar-refractivity contribution is -0.387. The molecule has 1 amide bonds. The van der Waals surface area contributed by atoms with Crippen LogP contribution in [0.25, 0.3) is 0 Å². The molecular weight excluding hydrogens is 306 g/mol. The number of nitro benzene ring substituents is 1. The first-order chi connectivity index (χ1) is 9.95. The van der Waals surface area contributed by atoms with E-state index in [9.17, 15) is 23.7 Å². The maximum Gasteiger partial charge on any atom is 0.305 e. The van der Waals surface area contributed by atoms with E-state index >= 15 is 0 Å². The topological polar surface area (TPSA) is 72.2 Å². The smallest absolute Gasteiger partial charge is 0.305 e. The molecule has 0 radical (unpaired) electrons. The summed E-state index contributed by atoms with van der Waals surface area (Å²) in [5.74, 6) is -3.20. The van der Waals surface area contributed by atoms with E-state index in [1.165, 1.54) is 0 Å². The summed E-state index contributed by atoms with van der Waals surface area (Å²) in [6, 6.07) is 1.13. The summed E-state index contributed by atoms with van der Waals surface area (Å²) in [4.78, 5) is 21.7. The SMILES string of the molecule is O=C(NC1CCCC1CCl)c1c(F)ccc([N+](=O)[O-])c1F. The van der Waals surface area contributed by atoms with Crippen LogP contribution in [0.15, 0.2) is 12.1 Å². The average Bonchev–Trinajstić information content (AvgIpc) is 2.85. The van der Waals surface area contributed by atoms with Crippen LogP contribution >= 0.6 is 11.6 Å². The van der Waals surface area contributed by atoms with Gasteiger partial charge in [0.1, 0.15) is 11.4 Å². The van der Waals surface area contributed by atoms with Crippen LogP contribution in [-0.4, -0.2) is 22.8 Å². The molecular formula is C13H13ClF2N2O3. The van der Waals surface area contributed by atoms with Gasteiger partial charge in [-0.05, 0) is 24.8 Å². The molecule has 1 aromatic carbocycles. The molecule has 0 saturated heterocycles. The normalized spacial score (nSPS) is 21.3. The number of hydrogen-bond acceptors (Lipinski definition) is 3. The van der Waals surface area contributed by atoms with Crippen LogP contribution in [0.3, 0.4) is 0 Å². The predicted molar refractivity (Wildman–Crippen MR) is 72.3 cm³/mol. The lowest BCUT2D eigenvalue weighted by atomic mass is 10.1. The van der Waals surface area contributed by atoms with Gasteiger partial charge in [-0.15, -0.1) is 11.6 Å². The third kappa shape index (κ3) is 3.12. The summed E-state index contributed by atoms with van der Waals surface area (Å²) in [5.41, 5.74) is -1.86. The van der Waals surface area contributed by atoms with Crippen LogP contribution in [0, 0.1) is 27.7 Å². The van der Waals surface area contributed by atoms with Crippen LogP contribution in [0.4, 0.5) is 14.5 Å². The Morgan fingerprint density at radius 2 is 2.14 bits per heavy atom. The molecule has 21 heavy (non-hydrogen) atoms. The molecule has 1 saturated carbocycles. The Bertz CT molecular complexity index is 583. The maximum atomic E-state index is 13.9. The highest BCUT2D eigenvalue weighted by atomic mass is 35.5. The molecule has 1 aromatic rings. The molecule has 2 atom stereocenters. The Balaban J connectivity index is 2.27. The summed E-state index contributed by atoms with van der Waals surface area (Å²) in [6.07, 6.45) is 2.36. The number of nitrogens with one attached hydrogen (secondary N) is 1. The molecule has 0 bridgehead atoms. The van der Waals surface area contributed by atoms with Crippen molar-refractivity contribution in [2.75, 3.05) is 5.88 Å². The van der Waals surface area contributed by atoms with Gasteiger partial charge in [0.2, 0.25) is 5.82 Å². The number of hydrogen-bond donors (Lipinski definition) is 1. The van der Waals surface area contributed by atoms with E-state index in [1.807, 2.05) is 0 Å². The minimum absolute atomic E-state index is 0.0421. The zero-order valence-electron chi connectivity index (χ0n) is 10.9. The van der Waals surface area contributed by atoms with Gasteiger partial charge >= 0.3 is 5.69 Å². The van der Waals surface area contributed by atoms with Crippen molar-refractivity contribution in [3.8, 4) is 0 Å². The summed E-state index contributed by atoms with van der Waals surface area (Å²) >= 11 is 5.77. The summed E-state index contributed by atoms with van der Waals surface area (Å²) in [7, 11) is 0. The van der Waals surface area contributed by atoms with Crippen LogP contribution in [0.5, 0.6) is 0 Å². The van der Waals surface area contributed by atoms with E-state index in [2.05, 4.69) is 5.32 Å². The Labute approximate surface area is 124 Å². The minimum Gasteiger partial charge on any atom is -0.349 e. The standard InChI is InChI=1S/C13H13ClF2N2O3/c14-6-7-2-1-3-9(7)17-13(19)11-8(15)4-5-10(12(11)16)18(20)21/h4-5,7,9H,1-3,6H2,(H,17,19). The molecule has 0 heterocycles. The molecule has 0 aromatic heterocycles. The summed E-state index contributed by atoms with van der Waals surface area (Å²) < 4.78 is 27.6. The van der Waals surface area contributed by atoms with Crippen molar-refractivity contribution in [1.82, 2.24) is 5.32 Å². The highest BCUT2D eigenvalue weighted by Gasteiger charge is 2.31. The van der Waals surface area contributed by atoms with Crippen LogP contribution < -0.4 is 5.32 Å². The first-order valence-electron chi connectivity index (χ1n) is 6.45. The zero-order chi connectivity index (χ0) is 15.6. The third-order valence-corrected chi connectivity index (χ3v) is 4.06. The van der Waals surface area contributed by atoms with Crippen LogP contribution in [0.1, 0.15) is 29.6 Å². The summed E-state index contributed by atoms with van der Waals surface area (Å²) in [5, 5.41) is 13.2. The molecule has 114 valence electrons. The van der Waals surface area contributed by atoms with E-state index in [-0.39, 0.29) is 12.0 Å².